The van der Waals surface area contributed by atoms with Crippen LogP contribution in [0.15, 0.2) is 46.4 Å². The summed E-state index contributed by atoms with van der Waals surface area (Å²) in [6.07, 6.45) is 4.03. The summed E-state index contributed by atoms with van der Waals surface area (Å²) in [6, 6.07) is 3.67. The lowest BCUT2D eigenvalue weighted by Gasteiger charge is -2.13. The van der Waals surface area contributed by atoms with E-state index >= 15 is 0 Å². The van der Waals surface area contributed by atoms with E-state index in [4.69, 9.17) is 4.42 Å². The predicted octanol–water partition coefficient (Wildman–Crippen LogP) is 0.807. The summed E-state index contributed by atoms with van der Waals surface area (Å²) in [5, 5.41) is 9.40. The van der Waals surface area contributed by atoms with Gasteiger partial charge in [0, 0.05) is 43.5 Å². The summed E-state index contributed by atoms with van der Waals surface area (Å²) >= 11 is 0. The number of furan rings is 1. The van der Waals surface area contributed by atoms with Crippen molar-refractivity contribution in [3.8, 4) is 0 Å². The highest BCUT2D eigenvalue weighted by atomic mass is 32.2. The van der Waals surface area contributed by atoms with Gasteiger partial charge < -0.3 is 14.4 Å². The molecule has 0 fully saturated rings. The monoisotopic (exact) mass is 354 g/mol. The zero-order valence-electron chi connectivity index (χ0n) is 13.8. The van der Waals surface area contributed by atoms with Crippen molar-refractivity contribution in [2.24, 2.45) is 0 Å². The number of carbonyl (C=O) groups excluding carboxylic acids is 1. The molecule has 0 aliphatic carbocycles. The minimum atomic E-state index is -4.18. The molecular weight excluding hydrogens is 334 g/mol. The van der Waals surface area contributed by atoms with E-state index in [9.17, 15) is 18.3 Å². The van der Waals surface area contributed by atoms with Crippen LogP contribution in [0.4, 0.5) is 10.5 Å². The molecule has 8 nitrogen and oxygen atoms in total. The smallest absolute Gasteiger partial charge is 0.449 e. The number of aliphatic hydroxyl groups is 1. The number of sulfonamides is 1. The minimum absolute atomic E-state index is 0.290. The normalized spacial score (nSPS) is 12.0. The van der Waals surface area contributed by atoms with Gasteiger partial charge in [-0.25, -0.2) is 0 Å². The van der Waals surface area contributed by atoms with Gasteiger partial charge in [-0.1, -0.05) is 0 Å². The summed E-state index contributed by atoms with van der Waals surface area (Å²) in [4.78, 5) is 13.9. The SMILES string of the molecule is CN(C)c1cc[n+](C(=O)NS(=O)(=O)c2cc(C(C)(C)O)co2)cc1. The summed E-state index contributed by atoms with van der Waals surface area (Å²) in [5.41, 5.74) is -0.0982. The van der Waals surface area contributed by atoms with Gasteiger partial charge in [-0.3, -0.25) is 0 Å². The summed E-state index contributed by atoms with van der Waals surface area (Å²) in [6.45, 7) is 2.99. The fourth-order valence-electron chi connectivity index (χ4n) is 1.85. The van der Waals surface area contributed by atoms with Crippen molar-refractivity contribution in [2.75, 3.05) is 19.0 Å². The lowest BCUT2D eigenvalue weighted by atomic mass is 10.0. The van der Waals surface area contributed by atoms with Crippen molar-refractivity contribution in [1.82, 2.24) is 4.72 Å². The fourth-order valence-corrected chi connectivity index (χ4v) is 2.74. The maximum absolute atomic E-state index is 12.2. The van der Waals surface area contributed by atoms with Crippen molar-refractivity contribution in [2.45, 2.75) is 24.5 Å². The second kappa shape index (κ2) is 6.25. The van der Waals surface area contributed by atoms with Crippen LogP contribution in [0, 0.1) is 0 Å². The number of pyridine rings is 1. The quantitative estimate of drug-likeness (QED) is 0.788. The molecule has 0 aliphatic rings. The zero-order valence-corrected chi connectivity index (χ0v) is 14.7. The fraction of sp³-hybridized carbons (Fsp3) is 0.333. The Kier molecular flexibility index (Phi) is 4.68. The first-order valence-corrected chi connectivity index (χ1v) is 8.56. The molecule has 0 aromatic carbocycles. The highest BCUT2D eigenvalue weighted by molar-refractivity contribution is 7.89. The van der Waals surface area contributed by atoms with Crippen molar-refractivity contribution in [1.29, 1.82) is 0 Å². The maximum atomic E-state index is 12.2. The van der Waals surface area contributed by atoms with Crippen LogP contribution < -0.4 is 14.2 Å². The van der Waals surface area contributed by atoms with Gasteiger partial charge in [-0.2, -0.15) is 17.8 Å². The third-order valence-corrected chi connectivity index (χ3v) is 4.52. The van der Waals surface area contributed by atoms with Gasteiger partial charge in [0.15, 0.2) is 0 Å². The van der Waals surface area contributed by atoms with Gasteiger partial charge in [0.25, 0.3) is 5.09 Å². The Hall–Kier alpha value is -2.39. The van der Waals surface area contributed by atoms with E-state index in [1.807, 2.05) is 23.7 Å². The Morgan fingerprint density at radius 1 is 1.29 bits per heavy atom. The average molecular weight is 354 g/mol. The summed E-state index contributed by atoms with van der Waals surface area (Å²) in [5.74, 6) is 0. The molecule has 9 heteroatoms. The number of nitrogens with zero attached hydrogens (tertiary/aromatic N) is 2. The van der Waals surface area contributed by atoms with Crippen LogP contribution in [0.1, 0.15) is 19.4 Å². The van der Waals surface area contributed by atoms with Gasteiger partial charge in [0.1, 0.15) is 12.4 Å². The molecule has 24 heavy (non-hydrogen) atoms. The first-order valence-electron chi connectivity index (χ1n) is 7.08. The van der Waals surface area contributed by atoms with Crippen molar-refractivity contribution in [3.63, 3.8) is 0 Å². The highest BCUT2D eigenvalue weighted by Gasteiger charge is 2.31. The molecule has 2 aromatic heterocycles. The number of hydrogen-bond acceptors (Lipinski definition) is 6. The lowest BCUT2D eigenvalue weighted by Crippen LogP contribution is -2.51. The second-order valence-corrected chi connectivity index (χ2v) is 7.60. The van der Waals surface area contributed by atoms with E-state index in [1.165, 1.54) is 32.3 Å². The number of hydrogen-bond donors (Lipinski definition) is 2. The zero-order chi connectivity index (χ0) is 18.1. The van der Waals surface area contributed by atoms with Crippen LogP contribution in [-0.4, -0.2) is 33.7 Å². The highest BCUT2D eigenvalue weighted by Crippen LogP contribution is 2.24. The van der Waals surface area contributed by atoms with E-state index in [0.717, 1.165) is 16.5 Å². The standard InChI is InChI=1S/C15H19N3O5S/c1-15(2,20)11-9-13(23-10-11)24(21,22)16-14(19)18-7-5-12(6-8-18)17(3)4/h5-10,20H,1-4H3/p+1. The molecule has 2 N–H and O–H groups in total. The van der Waals surface area contributed by atoms with Crippen LogP contribution in [0.3, 0.4) is 0 Å². The maximum Gasteiger partial charge on any atom is 0.511 e. The molecule has 0 atom stereocenters. The van der Waals surface area contributed by atoms with Gasteiger partial charge in [-0.15, -0.1) is 4.72 Å². The van der Waals surface area contributed by atoms with E-state index in [2.05, 4.69) is 0 Å². The third-order valence-electron chi connectivity index (χ3n) is 3.33. The molecule has 130 valence electrons. The van der Waals surface area contributed by atoms with Crippen LogP contribution in [0.25, 0.3) is 0 Å². The van der Waals surface area contributed by atoms with Gasteiger partial charge in [-0.05, 0) is 13.8 Å². The van der Waals surface area contributed by atoms with Crippen LogP contribution in [-0.2, 0) is 15.6 Å². The number of amides is 1. The van der Waals surface area contributed by atoms with Crippen LogP contribution in [0.2, 0.25) is 0 Å². The topological polar surface area (TPSA) is 104 Å². The van der Waals surface area contributed by atoms with Crippen molar-refractivity contribution in [3.05, 3.63) is 42.4 Å². The number of nitrogens with one attached hydrogen (secondary N) is 1. The van der Waals surface area contributed by atoms with Gasteiger partial charge in [0.05, 0.1) is 11.9 Å². The number of rotatable bonds is 4. The molecule has 0 saturated heterocycles. The molecule has 2 heterocycles. The molecule has 0 bridgehead atoms. The molecule has 2 aromatic rings. The van der Waals surface area contributed by atoms with Gasteiger partial charge >= 0.3 is 16.1 Å². The molecular formula is C15H20N3O5S+. The first kappa shape index (κ1) is 18.0. The Morgan fingerprint density at radius 3 is 2.33 bits per heavy atom. The minimum Gasteiger partial charge on any atom is -0.449 e. The predicted molar refractivity (Wildman–Crippen MR) is 86.0 cm³/mol. The molecule has 0 aliphatic heterocycles. The van der Waals surface area contributed by atoms with Crippen LogP contribution in [0.5, 0.6) is 0 Å². The Labute approximate surface area is 140 Å². The van der Waals surface area contributed by atoms with Crippen LogP contribution >= 0.6 is 0 Å². The lowest BCUT2D eigenvalue weighted by molar-refractivity contribution is -0.570. The van der Waals surface area contributed by atoms with E-state index < -0.39 is 26.7 Å². The Morgan fingerprint density at radius 2 is 1.88 bits per heavy atom. The van der Waals surface area contributed by atoms with Crippen molar-refractivity contribution >= 4 is 21.7 Å². The Bertz CT molecular complexity index is 833. The molecule has 1 amide bonds. The number of anilines is 1. The molecule has 0 radical (unpaired) electrons. The average Bonchev–Trinajstić information content (AvgIpc) is 2.97. The molecule has 0 unspecified atom stereocenters. The Balaban J connectivity index is 2.19. The molecule has 2 rings (SSSR count). The second-order valence-electron chi connectivity index (χ2n) is 5.98. The first-order chi connectivity index (χ1) is 11.0. The summed E-state index contributed by atoms with van der Waals surface area (Å²) in [7, 11) is -0.485. The van der Waals surface area contributed by atoms with E-state index in [1.54, 1.807) is 12.1 Å². The molecule has 0 spiro atoms. The summed E-state index contributed by atoms with van der Waals surface area (Å²) < 4.78 is 32.4. The van der Waals surface area contributed by atoms with E-state index in [0.29, 0.717) is 5.56 Å². The van der Waals surface area contributed by atoms with E-state index in [-0.39, 0.29) is 0 Å². The largest absolute Gasteiger partial charge is 0.511 e. The number of carbonyl (C=O) groups is 1. The third kappa shape index (κ3) is 3.92. The number of aromatic nitrogens is 1. The van der Waals surface area contributed by atoms with Gasteiger partial charge in [0.2, 0.25) is 0 Å². The van der Waals surface area contributed by atoms with Crippen molar-refractivity contribution < 1.29 is 27.3 Å². The molecule has 0 saturated carbocycles.